The van der Waals surface area contributed by atoms with Crippen molar-refractivity contribution < 1.29 is 19.2 Å². The molecule has 9 heteroatoms. The van der Waals surface area contributed by atoms with Crippen LogP contribution in [-0.2, 0) is 5.79 Å². The molecule has 0 fully saturated rings. The second-order valence-corrected chi connectivity index (χ2v) is 6.06. The molecule has 27 heavy (non-hydrogen) atoms. The monoisotopic (exact) mass is 370 g/mol. The van der Waals surface area contributed by atoms with Crippen LogP contribution in [0.1, 0.15) is 28.7 Å². The van der Waals surface area contributed by atoms with Gasteiger partial charge in [-0.15, -0.1) is 0 Å². The number of nitrogens with zero attached hydrogens (tertiary/aromatic N) is 3. The lowest BCUT2D eigenvalue weighted by Gasteiger charge is -2.24. The molecule has 0 radical (unpaired) electrons. The van der Waals surface area contributed by atoms with E-state index in [0.717, 1.165) is 6.07 Å². The highest BCUT2D eigenvalue weighted by molar-refractivity contribution is 6.04. The van der Waals surface area contributed by atoms with E-state index in [4.69, 9.17) is 0 Å². The zero-order chi connectivity index (χ0) is 19.8. The molecule has 8 nitrogen and oxygen atoms in total. The molecule has 0 aliphatic rings. The Hall–Kier alpha value is -3.62. The summed E-state index contributed by atoms with van der Waals surface area (Å²) in [4.78, 5) is 30.1. The Balaban J connectivity index is 2.10. The number of carbonyl (C=O) groups is 1. The number of benzene rings is 2. The van der Waals surface area contributed by atoms with Crippen LogP contribution in [0.25, 0.3) is 10.9 Å². The summed E-state index contributed by atoms with van der Waals surface area (Å²) in [5, 5.41) is 23.2. The number of carboxylic acid groups (broad SMARTS) is 1. The number of nitro groups is 1. The van der Waals surface area contributed by atoms with Crippen LogP contribution in [0.15, 0.2) is 42.5 Å². The first-order valence-electron chi connectivity index (χ1n) is 7.92. The fourth-order valence-corrected chi connectivity index (χ4v) is 2.74. The molecule has 0 bridgehead atoms. The average Bonchev–Trinajstić information content (AvgIpc) is 2.60. The zero-order valence-electron chi connectivity index (χ0n) is 14.4. The van der Waals surface area contributed by atoms with Gasteiger partial charge in [-0.3, -0.25) is 10.1 Å². The van der Waals surface area contributed by atoms with Gasteiger partial charge in [0.05, 0.1) is 16.0 Å². The van der Waals surface area contributed by atoms with Crippen LogP contribution >= 0.6 is 0 Å². The number of aromatic nitrogens is 2. The van der Waals surface area contributed by atoms with Crippen molar-refractivity contribution in [2.24, 2.45) is 0 Å². The lowest BCUT2D eigenvalue weighted by molar-refractivity contribution is -0.385. The number of carboxylic acids is 1. The van der Waals surface area contributed by atoms with Crippen molar-refractivity contribution in [1.82, 2.24) is 9.97 Å². The second-order valence-electron chi connectivity index (χ2n) is 6.06. The van der Waals surface area contributed by atoms with Crippen LogP contribution in [0.3, 0.4) is 0 Å². The maximum absolute atomic E-state index is 15.4. The van der Waals surface area contributed by atoms with E-state index in [9.17, 15) is 20.0 Å². The molecule has 0 aliphatic heterocycles. The highest BCUT2D eigenvalue weighted by atomic mass is 19.1. The molecular weight excluding hydrogens is 355 g/mol. The number of fused-ring (bicyclic) bond motifs is 1. The number of nitro benzene ring substituents is 1. The summed E-state index contributed by atoms with van der Waals surface area (Å²) in [5.74, 6) is -3.00. The molecule has 0 spiro atoms. The van der Waals surface area contributed by atoms with Gasteiger partial charge in [-0.2, -0.15) is 0 Å². The molecule has 0 unspecified atom stereocenters. The van der Waals surface area contributed by atoms with Crippen molar-refractivity contribution in [1.29, 1.82) is 0 Å². The second kappa shape index (κ2) is 6.60. The van der Waals surface area contributed by atoms with E-state index >= 15 is 4.39 Å². The van der Waals surface area contributed by atoms with Gasteiger partial charge in [0.2, 0.25) is 5.79 Å². The predicted molar refractivity (Wildman–Crippen MR) is 96.4 cm³/mol. The average molecular weight is 370 g/mol. The molecule has 3 aromatic rings. The molecule has 138 valence electrons. The number of aromatic carboxylic acids is 1. The molecule has 3 rings (SSSR count). The standard InChI is InChI=1S/C18H15FN4O4/c1-10-20-15-13(7-4-8-14(15)17(24)25)16(21-10)22-18(2,19)11-5-3-6-12(9-11)23(26)27/h3-9H,1-2H3,(H,24,25)(H,20,21,22)/t18-/m0/s1. The summed E-state index contributed by atoms with van der Waals surface area (Å²) < 4.78 is 15.4. The van der Waals surface area contributed by atoms with E-state index in [1.54, 1.807) is 13.0 Å². The fraction of sp³-hybridized carbons (Fsp3) is 0.167. The van der Waals surface area contributed by atoms with Gasteiger partial charge in [-0.1, -0.05) is 18.2 Å². The quantitative estimate of drug-likeness (QED) is 0.398. The van der Waals surface area contributed by atoms with E-state index in [-0.39, 0.29) is 34.0 Å². The summed E-state index contributed by atoms with van der Waals surface area (Å²) in [6, 6.07) is 9.69. The summed E-state index contributed by atoms with van der Waals surface area (Å²) >= 11 is 0. The molecule has 0 saturated carbocycles. The lowest BCUT2D eigenvalue weighted by atomic mass is 10.0. The van der Waals surface area contributed by atoms with Crippen LogP contribution in [0.4, 0.5) is 15.9 Å². The van der Waals surface area contributed by atoms with Crippen molar-refractivity contribution in [2.45, 2.75) is 19.6 Å². The van der Waals surface area contributed by atoms with Crippen LogP contribution in [-0.4, -0.2) is 26.0 Å². The Bertz CT molecular complexity index is 1070. The van der Waals surface area contributed by atoms with Gasteiger partial charge in [-0.05, 0) is 26.0 Å². The topological polar surface area (TPSA) is 118 Å². The smallest absolute Gasteiger partial charge is 0.337 e. The predicted octanol–water partition coefficient (Wildman–Crippen LogP) is 3.80. The number of hydrogen-bond acceptors (Lipinski definition) is 6. The number of anilines is 1. The zero-order valence-corrected chi connectivity index (χ0v) is 14.4. The van der Waals surface area contributed by atoms with Crippen molar-refractivity contribution in [3.8, 4) is 0 Å². The number of rotatable bonds is 5. The third-order valence-corrected chi connectivity index (χ3v) is 4.02. The highest BCUT2D eigenvalue weighted by Gasteiger charge is 2.29. The summed E-state index contributed by atoms with van der Waals surface area (Å²) in [7, 11) is 0. The number of halogens is 1. The molecule has 1 aromatic heterocycles. The minimum Gasteiger partial charge on any atom is -0.478 e. The van der Waals surface area contributed by atoms with Gasteiger partial charge in [-0.25, -0.2) is 19.2 Å². The van der Waals surface area contributed by atoms with Gasteiger partial charge >= 0.3 is 5.97 Å². The molecule has 1 atom stereocenters. The van der Waals surface area contributed by atoms with E-state index in [1.807, 2.05) is 0 Å². The van der Waals surface area contributed by atoms with Gasteiger partial charge in [0.15, 0.2) is 0 Å². The number of para-hydroxylation sites is 1. The molecule has 0 saturated heterocycles. The first-order valence-corrected chi connectivity index (χ1v) is 7.92. The first-order chi connectivity index (χ1) is 12.7. The Morgan fingerprint density at radius 1 is 1.26 bits per heavy atom. The maximum Gasteiger partial charge on any atom is 0.337 e. The molecule has 1 heterocycles. The van der Waals surface area contributed by atoms with Crippen LogP contribution in [0, 0.1) is 17.0 Å². The van der Waals surface area contributed by atoms with E-state index in [2.05, 4.69) is 15.3 Å². The van der Waals surface area contributed by atoms with Crippen molar-refractivity contribution in [3.63, 3.8) is 0 Å². The lowest BCUT2D eigenvalue weighted by Crippen LogP contribution is -2.27. The molecule has 2 aromatic carbocycles. The Morgan fingerprint density at radius 3 is 2.63 bits per heavy atom. The number of alkyl halides is 1. The van der Waals surface area contributed by atoms with E-state index in [0.29, 0.717) is 5.39 Å². The largest absolute Gasteiger partial charge is 0.478 e. The highest BCUT2D eigenvalue weighted by Crippen LogP contribution is 2.32. The summed E-state index contributed by atoms with van der Waals surface area (Å²) in [6.45, 7) is 2.77. The van der Waals surface area contributed by atoms with Gasteiger partial charge in [0.1, 0.15) is 11.6 Å². The third-order valence-electron chi connectivity index (χ3n) is 4.02. The molecule has 2 N–H and O–H groups in total. The van der Waals surface area contributed by atoms with E-state index in [1.165, 1.54) is 37.3 Å². The Kier molecular flexibility index (Phi) is 4.44. The Morgan fingerprint density at radius 2 is 1.96 bits per heavy atom. The molecule has 0 amide bonds. The van der Waals surface area contributed by atoms with Gasteiger partial charge in [0.25, 0.3) is 5.69 Å². The van der Waals surface area contributed by atoms with Crippen LogP contribution in [0.5, 0.6) is 0 Å². The van der Waals surface area contributed by atoms with Crippen LogP contribution < -0.4 is 5.32 Å². The number of nitrogens with one attached hydrogen (secondary N) is 1. The van der Waals surface area contributed by atoms with Crippen molar-refractivity contribution >= 4 is 28.4 Å². The summed E-state index contributed by atoms with van der Waals surface area (Å²) in [5.41, 5.74) is -0.0580. The third kappa shape index (κ3) is 3.52. The molecular formula is C18H15FN4O4. The van der Waals surface area contributed by atoms with Gasteiger partial charge in [0, 0.05) is 23.1 Å². The number of non-ortho nitro benzene ring substituents is 1. The summed E-state index contributed by atoms with van der Waals surface area (Å²) in [6.07, 6.45) is 0. The SMILES string of the molecule is Cc1nc(N[C@](C)(F)c2cccc([N+](=O)[O-])c2)c2cccc(C(=O)O)c2n1. The maximum atomic E-state index is 15.4. The van der Waals surface area contributed by atoms with Crippen molar-refractivity contribution in [2.75, 3.05) is 5.32 Å². The van der Waals surface area contributed by atoms with Gasteiger partial charge < -0.3 is 10.4 Å². The van der Waals surface area contributed by atoms with E-state index < -0.39 is 16.7 Å². The Labute approximate surface area is 152 Å². The normalized spacial score (nSPS) is 13.1. The fourth-order valence-electron chi connectivity index (χ4n) is 2.74. The number of aryl methyl sites for hydroxylation is 1. The molecule has 0 aliphatic carbocycles. The minimum atomic E-state index is -2.20. The first kappa shape index (κ1) is 18.2. The van der Waals surface area contributed by atoms with Crippen LogP contribution in [0.2, 0.25) is 0 Å². The number of hydrogen-bond donors (Lipinski definition) is 2. The minimum absolute atomic E-state index is 0.0306. The van der Waals surface area contributed by atoms with Crippen molar-refractivity contribution in [3.05, 3.63) is 69.5 Å².